The maximum atomic E-state index is 6.00. The number of nitrogens with one attached hydrogen (secondary N) is 1. The fourth-order valence-corrected chi connectivity index (χ4v) is 4.44. The van der Waals surface area contributed by atoms with Crippen LogP contribution < -0.4 is 5.32 Å². The zero-order valence-corrected chi connectivity index (χ0v) is 19.3. The van der Waals surface area contributed by atoms with Gasteiger partial charge in [0.1, 0.15) is 0 Å². The van der Waals surface area contributed by atoms with Crippen molar-refractivity contribution in [2.45, 2.75) is 57.7 Å². The van der Waals surface area contributed by atoms with Gasteiger partial charge in [-0.15, -0.1) is 0 Å². The molecule has 6 nitrogen and oxygen atoms in total. The summed E-state index contributed by atoms with van der Waals surface area (Å²) in [7, 11) is 3.63. The molecule has 168 valence electrons. The quantitative estimate of drug-likeness (QED) is 0.401. The minimum atomic E-state index is 0.0618. The Morgan fingerprint density at radius 1 is 1.13 bits per heavy atom. The molecule has 1 aromatic carbocycles. The SMILES string of the molecule is CN=C(NCC(C)(C)N1CCc2ccccc2C1)N1CCC(OCCCOC)CC1. The molecule has 2 heterocycles. The van der Waals surface area contributed by atoms with Crippen LogP contribution in [0.1, 0.15) is 44.2 Å². The second-order valence-electron chi connectivity index (χ2n) is 9.06. The van der Waals surface area contributed by atoms with E-state index in [4.69, 9.17) is 9.47 Å². The first-order valence-electron chi connectivity index (χ1n) is 11.4. The first kappa shape index (κ1) is 23.0. The zero-order chi connectivity index (χ0) is 21.4. The van der Waals surface area contributed by atoms with E-state index in [9.17, 15) is 0 Å². The van der Waals surface area contributed by atoms with Crippen molar-refractivity contribution in [1.82, 2.24) is 15.1 Å². The molecule has 3 rings (SSSR count). The highest BCUT2D eigenvalue weighted by Crippen LogP contribution is 2.25. The number of nitrogens with zero attached hydrogens (tertiary/aromatic N) is 3. The average Bonchev–Trinajstić information content (AvgIpc) is 2.77. The average molecular weight is 417 g/mol. The third-order valence-electron chi connectivity index (χ3n) is 6.47. The van der Waals surface area contributed by atoms with Crippen LogP contribution in [0.5, 0.6) is 0 Å². The number of likely N-dealkylation sites (tertiary alicyclic amines) is 1. The number of hydrogen-bond donors (Lipinski definition) is 1. The summed E-state index contributed by atoms with van der Waals surface area (Å²) in [6.07, 6.45) is 4.57. The molecule has 1 fully saturated rings. The first-order valence-corrected chi connectivity index (χ1v) is 11.4. The van der Waals surface area contributed by atoms with Crippen molar-refractivity contribution < 1.29 is 9.47 Å². The monoisotopic (exact) mass is 416 g/mol. The highest BCUT2D eigenvalue weighted by molar-refractivity contribution is 5.80. The van der Waals surface area contributed by atoms with E-state index >= 15 is 0 Å². The van der Waals surface area contributed by atoms with E-state index in [1.54, 1.807) is 7.11 Å². The molecule has 0 aliphatic carbocycles. The van der Waals surface area contributed by atoms with E-state index in [2.05, 4.69) is 58.2 Å². The minimum Gasteiger partial charge on any atom is -0.385 e. The van der Waals surface area contributed by atoms with Crippen LogP contribution in [0.4, 0.5) is 0 Å². The van der Waals surface area contributed by atoms with Gasteiger partial charge in [0, 0.05) is 65.6 Å². The third kappa shape index (κ3) is 6.19. The lowest BCUT2D eigenvalue weighted by molar-refractivity contribution is 0.00973. The Morgan fingerprint density at radius 3 is 2.57 bits per heavy atom. The second kappa shape index (κ2) is 11.1. The van der Waals surface area contributed by atoms with Crippen molar-refractivity contribution in [3.63, 3.8) is 0 Å². The van der Waals surface area contributed by atoms with Crippen molar-refractivity contribution in [2.75, 3.05) is 53.6 Å². The van der Waals surface area contributed by atoms with Crippen LogP contribution in [0.2, 0.25) is 0 Å². The number of aliphatic imine (C=N–C) groups is 1. The summed E-state index contributed by atoms with van der Waals surface area (Å²) in [5, 5.41) is 3.65. The van der Waals surface area contributed by atoms with Crippen LogP contribution in [0.3, 0.4) is 0 Å². The normalized spacial score (nSPS) is 19.1. The fraction of sp³-hybridized carbons (Fsp3) is 0.708. The number of hydrogen-bond acceptors (Lipinski definition) is 4. The number of methoxy groups -OCH3 is 1. The molecular formula is C24H40N4O2. The van der Waals surface area contributed by atoms with Crippen LogP contribution in [0.25, 0.3) is 0 Å². The van der Waals surface area contributed by atoms with Crippen molar-refractivity contribution >= 4 is 5.96 Å². The van der Waals surface area contributed by atoms with Gasteiger partial charge in [0.15, 0.2) is 5.96 Å². The summed E-state index contributed by atoms with van der Waals surface area (Å²) in [4.78, 5) is 9.53. The van der Waals surface area contributed by atoms with Crippen molar-refractivity contribution in [3.8, 4) is 0 Å². The largest absolute Gasteiger partial charge is 0.385 e. The van der Waals surface area contributed by atoms with Crippen LogP contribution in [0.15, 0.2) is 29.3 Å². The molecule has 1 N–H and O–H groups in total. The minimum absolute atomic E-state index is 0.0618. The Kier molecular flexibility index (Phi) is 8.54. The summed E-state index contributed by atoms with van der Waals surface area (Å²) in [5.74, 6) is 1.01. The molecule has 1 aromatic rings. The molecular weight excluding hydrogens is 376 g/mol. The lowest BCUT2D eigenvalue weighted by Crippen LogP contribution is -2.56. The molecule has 30 heavy (non-hydrogen) atoms. The molecule has 0 unspecified atom stereocenters. The Balaban J connectivity index is 1.45. The van der Waals surface area contributed by atoms with Crippen LogP contribution in [-0.2, 0) is 22.4 Å². The first-order chi connectivity index (χ1) is 14.5. The van der Waals surface area contributed by atoms with Gasteiger partial charge in [-0.25, -0.2) is 0 Å². The zero-order valence-electron chi connectivity index (χ0n) is 19.3. The van der Waals surface area contributed by atoms with Gasteiger partial charge < -0.3 is 19.7 Å². The van der Waals surface area contributed by atoms with E-state index in [-0.39, 0.29) is 5.54 Å². The van der Waals surface area contributed by atoms with Crippen LogP contribution in [-0.4, -0.2) is 81.0 Å². The van der Waals surface area contributed by atoms with Gasteiger partial charge in [0.2, 0.25) is 0 Å². The van der Waals surface area contributed by atoms with E-state index < -0.39 is 0 Å². The summed E-state index contributed by atoms with van der Waals surface area (Å²) < 4.78 is 11.1. The summed E-state index contributed by atoms with van der Waals surface area (Å²) >= 11 is 0. The molecule has 2 aliphatic rings. The summed E-state index contributed by atoms with van der Waals surface area (Å²) in [5.41, 5.74) is 3.03. The van der Waals surface area contributed by atoms with Gasteiger partial charge in [0.25, 0.3) is 0 Å². The van der Waals surface area contributed by atoms with E-state index in [0.717, 1.165) is 77.6 Å². The number of guanidine groups is 1. The van der Waals surface area contributed by atoms with Gasteiger partial charge >= 0.3 is 0 Å². The maximum Gasteiger partial charge on any atom is 0.193 e. The highest BCUT2D eigenvalue weighted by atomic mass is 16.5. The lowest BCUT2D eigenvalue weighted by Gasteiger charge is -2.42. The smallest absolute Gasteiger partial charge is 0.193 e. The molecule has 0 spiro atoms. The van der Waals surface area contributed by atoms with Crippen molar-refractivity contribution in [2.24, 2.45) is 4.99 Å². The summed E-state index contributed by atoms with van der Waals surface area (Å²) in [6.45, 7) is 11.2. The van der Waals surface area contributed by atoms with Crippen LogP contribution in [0, 0.1) is 0 Å². The van der Waals surface area contributed by atoms with E-state index in [1.165, 1.54) is 11.1 Å². The molecule has 0 bridgehead atoms. The van der Waals surface area contributed by atoms with E-state index in [0.29, 0.717) is 6.10 Å². The highest BCUT2D eigenvalue weighted by Gasteiger charge is 2.30. The molecule has 0 amide bonds. The predicted octanol–water partition coefficient (Wildman–Crippen LogP) is 2.92. The molecule has 0 aromatic heterocycles. The standard InChI is InChI=1S/C24H40N4O2/c1-24(2,28-15-10-20-8-5-6-9-21(20)18-28)19-26-23(25-3)27-13-11-22(12-14-27)30-17-7-16-29-4/h5-6,8-9,22H,7,10-19H2,1-4H3,(H,25,26). The fourth-order valence-electron chi connectivity index (χ4n) is 4.44. The molecule has 0 saturated carbocycles. The third-order valence-corrected chi connectivity index (χ3v) is 6.47. The van der Waals surface area contributed by atoms with Crippen LogP contribution >= 0.6 is 0 Å². The number of benzene rings is 1. The van der Waals surface area contributed by atoms with Gasteiger partial charge in [-0.05, 0) is 50.7 Å². The number of fused-ring (bicyclic) bond motifs is 1. The maximum absolute atomic E-state index is 6.00. The Bertz CT molecular complexity index is 684. The Morgan fingerprint density at radius 2 is 1.87 bits per heavy atom. The molecule has 0 atom stereocenters. The number of rotatable bonds is 8. The molecule has 6 heteroatoms. The van der Waals surface area contributed by atoms with Crippen molar-refractivity contribution in [1.29, 1.82) is 0 Å². The van der Waals surface area contributed by atoms with Gasteiger partial charge in [-0.1, -0.05) is 24.3 Å². The lowest BCUT2D eigenvalue weighted by atomic mass is 9.94. The number of ether oxygens (including phenoxy) is 2. The number of piperidine rings is 1. The van der Waals surface area contributed by atoms with E-state index in [1.807, 2.05) is 7.05 Å². The van der Waals surface area contributed by atoms with Gasteiger partial charge in [-0.2, -0.15) is 0 Å². The van der Waals surface area contributed by atoms with Gasteiger partial charge in [-0.3, -0.25) is 9.89 Å². The van der Waals surface area contributed by atoms with Crippen molar-refractivity contribution in [3.05, 3.63) is 35.4 Å². The molecule has 1 saturated heterocycles. The second-order valence-corrected chi connectivity index (χ2v) is 9.06. The Hall–Kier alpha value is -1.63. The molecule has 2 aliphatic heterocycles. The molecule has 0 radical (unpaired) electrons. The van der Waals surface area contributed by atoms with Gasteiger partial charge in [0.05, 0.1) is 6.10 Å². The topological polar surface area (TPSA) is 49.3 Å². The predicted molar refractivity (Wildman–Crippen MR) is 123 cm³/mol. The Labute approximate surface area is 182 Å². The summed E-state index contributed by atoms with van der Waals surface area (Å²) in [6, 6.07) is 8.84.